The van der Waals surface area contributed by atoms with Gasteiger partial charge in [0.05, 0.1) is 18.8 Å². The van der Waals surface area contributed by atoms with Crippen molar-refractivity contribution in [3.05, 3.63) is 54.1 Å². The second kappa shape index (κ2) is 7.02. The summed E-state index contributed by atoms with van der Waals surface area (Å²) < 4.78 is 21.5. The van der Waals surface area contributed by atoms with Gasteiger partial charge in [-0.3, -0.25) is 4.79 Å². The number of carbonyl (C=O) groups excluding carboxylic acids is 1. The normalized spacial score (nSPS) is 20.4. The number of furan rings is 1. The van der Waals surface area contributed by atoms with Crippen molar-refractivity contribution < 1.29 is 23.2 Å². The van der Waals surface area contributed by atoms with Crippen molar-refractivity contribution in [2.24, 2.45) is 0 Å². The molecule has 0 bridgehead atoms. The maximum absolute atomic E-state index is 12.4. The number of hydrogen-bond acceptors (Lipinski definition) is 8. The second-order valence-electron chi connectivity index (χ2n) is 6.61. The summed E-state index contributed by atoms with van der Waals surface area (Å²) in [7, 11) is 0. The van der Waals surface area contributed by atoms with E-state index >= 15 is 0 Å². The van der Waals surface area contributed by atoms with E-state index in [0.717, 1.165) is 11.3 Å². The van der Waals surface area contributed by atoms with Crippen molar-refractivity contribution in [3.63, 3.8) is 0 Å². The molecule has 2 atom stereocenters. The van der Waals surface area contributed by atoms with E-state index in [4.69, 9.17) is 18.4 Å². The molecule has 1 amide bonds. The zero-order valence-electron chi connectivity index (χ0n) is 14.8. The van der Waals surface area contributed by atoms with Gasteiger partial charge in [0.25, 0.3) is 0 Å². The first-order valence-corrected chi connectivity index (χ1v) is 8.94. The number of amides is 1. The van der Waals surface area contributed by atoms with Gasteiger partial charge in [-0.25, -0.2) is 10.9 Å². The van der Waals surface area contributed by atoms with Gasteiger partial charge in [0.15, 0.2) is 17.3 Å². The van der Waals surface area contributed by atoms with Gasteiger partial charge >= 0.3 is 0 Å². The van der Waals surface area contributed by atoms with Crippen LogP contribution in [0.2, 0.25) is 0 Å². The molecule has 9 nitrogen and oxygen atoms in total. The highest BCUT2D eigenvalue weighted by atomic mass is 16.7. The number of nitrogens with zero attached hydrogens (tertiary/aromatic N) is 1. The fourth-order valence-electron chi connectivity index (χ4n) is 3.29. The molecule has 1 saturated heterocycles. The lowest BCUT2D eigenvalue weighted by Gasteiger charge is -2.08. The third-order valence-corrected chi connectivity index (χ3v) is 4.77. The van der Waals surface area contributed by atoms with Crippen LogP contribution in [0.4, 0.5) is 0 Å². The van der Waals surface area contributed by atoms with Crippen molar-refractivity contribution in [1.82, 2.24) is 21.3 Å². The molecule has 2 aromatic heterocycles. The predicted molar refractivity (Wildman–Crippen MR) is 96.0 cm³/mol. The highest BCUT2D eigenvalue weighted by Crippen LogP contribution is 2.36. The van der Waals surface area contributed by atoms with Crippen LogP contribution in [0.25, 0.3) is 11.3 Å². The molecule has 1 aromatic carbocycles. The van der Waals surface area contributed by atoms with Gasteiger partial charge in [0.1, 0.15) is 17.5 Å². The molecule has 0 saturated carbocycles. The van der Waals surface area contributed by atoms with Crippen LogP contribution in [0, 0.1) is 0 Å². The molecule has 0 spiro atoms. The first-order chi connectivity index (χ1) is 13.8. The van der Waals surface area contributed by atoms with Crippen molar-refractivity contribution in [1.29, 1.82) is 0 Å². The monoisotopic (exact) mass is 382 g/mol. The summed E-state index contributed by atoms with van der Waals surface area (Å²) in [6.07, 6.45) is 2.22. The SMILES string of the molecule is O=C(NCc1cc(-c2ccc3c(c2)OCO3)on1)C1CC(c2ccco2)NN1. The third kappa shape index (κ3) is 3.21. The summed E-state index contributed by atoms with van der Waals surface area (Å²) in [6, 6.07) is 10.7. The average Bonchev–Trinajstić information content (AvgIpc) is 3.51. The van der Waals surface area contributed by atoms with Crippen LogP contribution in [0.15, 0.2) is 51.6 Å². The zero-order valence-corrected chi connectivity index (χ0v) is 14.8. The van der Waals surface area contributed by atoms with E-state index in [-0.39, 0.29) is 31.3 Å². The highest BCUT2D eigenvalue weighted by molar-refractivity contribution is 5.82. The number of fused-ring (bicyclic) bond motifs is 1. The van der Waals surface area contributed by atoms with Gasteiger partial charge in [0.2, 0.25) is 12.7 Å². The van der Waals surface area contributed by atoms with E-state index in [1.807, 2.05) is 30.3 Å². The Morgan fingerprint density at radius 2 is 2.11 bits per heavy atom. The lowest BCUT2D eigenvalue weighted by Crippen LogP contribution is -2.42. The molecule has 0 aliphatic carbocycles. The molecule has 28 heavy (non-hydrogen) atoms. The first kappa shape index (κ1) is 16.8. The van der Waals surface area contributed by atoms with Gasteiger partial charge in [-0.05, 0) is 36.8 Å². The molecule has 3 aromatic rings. The van der Waals surface area contributed by atoms with Gasteiger partial charge in [-0.1, -0.05) is 5.16 Å². The van der Waals surface area contributed by atoms with Gasteiger partial charge in [0, 0.05) is 11.6 Å². The van der Waals surface area contributed by atoms with Crippen molar-refractivity contribution in [2.45, 2.75) is 25.0 Å². The second-order valence-corrected chi connectivity index (χ2v) is 6.61. The Kier molecular flexibility index (Phi) is 4.22. The molecule has 0 radical (unpaired) electrons. The van der Waals surface area contributed by atoms with E-state index in [0.29, 0.717) is 29.4 Å². The summed E-state index contributed by atoms with van der Waals surface area (Å²) in [5.74, 6) is 2.67. The van der Waals surface area contributed by atoms with Crippen LogP contribution >= 0.6 is 0 Å². The Morgan fingerprint density at radius 3 is 3.00 bits per heavy atom. The summed E-state index contributed by atoms with van der Waals surface area (Å²) in [6.45, 7) is 0.494. The van der Waals surface area contributed by atoms with Crippen LogP contribution in [-0.2, 0) is 11.3 Å². The molecule has 3 N–H and O–H groups in total. The quantitative estimate of drug-likeness (QED) is 0.614. The van der Waals surface area contributed by atoms with E-state index in [1.54, 1.807) is 12.3 Å². The van der Waals surface area contributed by atoms with Gasteiger partial charge < -0.3 is 23.7 Å². The zero-order chi connectivity index (χ0) is 18.9. The number of ether oxygens (including phenoxy) is 2. The topological polar surface area (TPSA) is 111 Å². The maximum atomic E-state index is 12.4. The van der Waals surface area contributed by atoms with E-state index < -0.39 is 0 Å². The Labute approximate surface area is 159 Å². The van der Waals surface area contributed by atoms with E-state index in [9.17, 15) is 4.79 Å². The number of benzene rings is 1. The number of carbonyl (C=O) groups is 1. The molecule has 5 rings (SSSR count). The molecule has 4 heterocycles. The Morgan fingerprint density at radius 1 is 1.18 bits per heavy atom. The third-order valence-electron chi connectivity index (χ3n) is 4.77. The number of rotatable bonds is 5. The van der Waals surface area contributed by atoms with Crippen molar-refractivity contribution >= 4 is 5.91 Å². The molecule has 2 aliphatic heterocycles. The number of hydrogen-bond donors (Lipinski definition) is 3. The molecule has 144 valence electrons. The minimum absolute atomic E-state index is 0.0320. The maximum Gasteiger partial charge on any atom is 0.238 e. The van der Waals surface area contributed by atoms with Crippen molar-refractivity contribution in [3.8, 4) is 22.8 Å². The Hall–Kier alpha value is -3.30. The van der Waals surface area contributed by atoms with Crippen LogP contribution in [0.5, 0.6) is 11.5 Å². The smallest absolute Gasteiger partial charge is 0.238 e. The summed E-state index contributed by atoms with van der Waals surface area (Å²) in [5, 5.41) is 6.90. The fraction of sp³-hybridized carbons (Fsp3) is 0.263. The summed E-state index contributed by atoms with van der Waals surface area (Å²) >= 11 is 0. The lowest BCUT2D eigenvalue weighted by atomic mass is 10.1. The summed E-state index contributed by atoms with van der Waals surface area (Å²) in [4.78, 5) is 12.4. The predicted octanol–water partition coefficient (Wildman–Crippen LogP) is 1.89. The molecule has 1 fully saturated rings. The average molecular weight is 382 g/mol. The number of hydrazine groups is 1. The highest BCUT2D eigenvalue weighted by Gasteiger charge is 2.31. The minimum Gasteiger partial charge on any atom is -0.468 e. The lowest BCUT2D eigenvalue weighted by molar-refractivity contribution is -0.123. The van der Waals surface area contributed by atoms with Gasteiger partial charge in [-0.2, -0.15) is 0 Å². The molecule has 2 unspecified atom stereocenters. The summed E-state index contributed by atoms with van der Waals surface area (Å²) in [5.41, 5.74) is 7.53. The van der Waals surface area contributed by atoms with Crippen molar-refractivity contribution in [2.75, 3.05) is 6.79 Å². The first-order valence-electron chi connectivity index (χ1n) is 8.94. The Balaban J connectivity index is 1.18. The van der Waals surface area contributed by atoms with E-state index in [2.05, 4.69) is 21.3 Å². The number of nitrogens with one attached hydrogen (secondary N) is 3. The molecular formula is C19H18N4O5. The van der Waals surface area contributed by atoms with E-state index in [1.165, 1.54) is 0 Å². The standard InChI is InChI=1S/C19H18N4O5/c24-19(14-8-13(21-22-14)15-2-1-5-25-15)20-9-12-7-17(28-23-12)11-3-4-16-18(6-11)27-10-26-16/h1-7,13-14,21-22H,8-10H2,(H,20,24). The Bertz CT molecular complexity index is 984. The van der Waals surface area contributed by atoms with Gasteiger partial charge in [-0.15, -0.1) is 0 Å². The number of aromatic nitrogens is 1. The largest absolute Gasteiger partial charge is 0.468 e. The molecular weight excluding hydrogens is 364 g/mol. The fourth-order valence-corrected chi connectivity index (χ4v) is 3.29. The van der Waals surface area contributed by atoms with Crippen LogP contribution in [-0.4, -0.2) is 23.9 Å². The van der Waals surface area contributed by atoms with Crippen LogP contribution < -0.4 is 25.6 Å². The molecule has 9 heteroatoms. The van der Waals surface area contributed by atoms with Crippen LogP contribution in [0.1, 0.15) is 23.9 Å². The van der Waals surface area contributed by atoms with Crippen LogP contribution in [0.3, 0.4) is 0 Å². The minimum atomic E-state index is -0.352. The molecule has 2 aliphatic rings.